The highest BCUT2D eigenvalue weighted by molar-refractivity contribution is 7.99. The third-order valence-corrected chi connectivity index (χ3v) is 3.49. The molecule has 0 N–H and O–H groups in total. The minimum Gasteiger partial charge on any atom is -0.465 e. The van der Waals surface area contributed by atoms with Crippen molar-refractivity contribution in [3.8, 4) is 0 Å². The van der Waals surface area contributed by atoms with Gasteiger partial charge in [0.2, 0.25) is 0 Å². The summed E-state index contributed by atoms with van der Waals surface area (Å²) in [5.74, 6) is 1.31. The number of rotatable bonds is 6. The van der Waals surface area contributed by atoms with Crippen LogP contribution in [0.15, 0.2) is 4.52 Å². The van der Waals surface area contributed by atoms with Gasteiger partial charge >= 0.3 is 12.0 Å². The summed E-state index contributed by atoms with van der Waals surface area (Å²) in [6.07, 6.45) is 2.35. The molecule has 0 unspecified atom stereocenters. The Balaban J connectivity index is 1.74. The molecule has 0 radical (unpaired) electrons. The van der Waals surface area contributed by atoms with Gasteiger partial charge in [-0.05, 0) is 19.8 Å². The molecule has 0 bridgehead atoms. The first-order valence-corrected chi connectivity index (χ1v) is 7.26. The predicted molar refractivity (Wildman–Crippen MR) is 68.5 cm³/mol. The third-order valence-electron chi connectivity index (χ3n) is 2.59. The van der Waals surface area contributed by atoms with Crippen LogP contribution in [0.4, 0.5) is 6.01 Å². The summed E-state index contributed by atoms with van der Waals surface area (Å²) in [5.41, 5.74) is 0. The Bertz CT molecular complexity index is 391. The van der Waals surface area contributed by atoms with Gasteiger partial charge in [-0.1, -0.05) is 5.16 Å². The number of hydrogen-bond donors (Lipinski definition) is 0. The molecule has 2 heterocycles. The van der Waals surface area contributed by atoms with E-state index < -0.39 is 0 Å². The molecule has 2 rings (SSSR count). The molecular formula is C11H17N3O3S. The van der Waals surface area contributed by atoms with E-state index in [0.717, 1.165) is 13.1 Å². The summed E-state index contributed by atoms with van der Waals surface area (Å²) >= 11 is 1.43. The fraction of sp³-hybridized carbons (Fsp3) is 0.727. The van der Waals surface area contributed by atoms with Crippen molar-refractivity contribution >= 4 is 23.7 Å². The summed E-state index contributed by atoms with van der Waals surface area (Å²) in [5, 5.41) is 3.90. The number of aromatic nitrogens is 2. The lowest BCUT2D eigenvalue weighted by Crippen LogP contribution is -2.17. The minimum atomic E-state index is -0.203. The highest BCUT2D eigenvalue weighted by Crippen LogP contribution is 2.19. The minimum absolute atomic E-state index is 0.203. The summed E-state index contributed by atoms with van der Waals surface area (Å²) in [6.45, 7) is 4.18. The highest BCUT2D eigenvalue weighted by Gasteiger charge is 2.18. The average Bonchev–Trinajstić information content (AvgIpc) is 2.99. The van der Waals surface area contributed by atoms with Gasteiger partial charge in [0.25, 0.3) is 0 Å². The summed E-state index contributed by atoms with van der Waals surface area (Å²) in [4.78, 5) is 17.5. The summed E-state index contributed by atoms with van der Waals surface area (Å²) in [7, 11) is 0. The Labute approximate surface area is 110 Å². The van der Waals surface area contributed by atoms with Crippen LogP contribution in [0.25, 0.3) is 0 Å². The van der Waals surface area contributed by atoms with E-state index in [4.69, 9.17) is 9.26 Å². The SMILES string of the molecule is CCOC(=O)CSCc1noc(N2CCCC2)n1. The maximum absolute atomic E-state index is 11.1. The molecule has 0 saturated carbocycles. The van der Waals surface area contributed by atoms with Gasteiger partial charge in [-0.15, -0.1) is 11.8 Å². The number of nitrogens with zero attached hydrogens (tertiary/aromatic N) is 3. The number of hydrogen-bond acceptors (Lipinski definition) is 7. The van der Waals surface area contributed by atoms with Crippen molar-refractivity contribution in [3.05, 3.63) is 5.82 Å². The first kappa shape index (κ1) is 13.2. The number of thioether (sulfide) groups is 1. The standard InChI is InChI=1S/C11H17N3O3S/c1-2-16-10(15)8-18-7-9-12-11(17-13-9)14-5-3-4-6-14/h2-8H2,1H3. The monoisotopic (exact) mass is 271 g/mol. The topological polar surface area (TPSA) is 68.5 Å². The van der Waals surface area contributed by atoms with E-state index in [1.54, 1.807) is 6.92 Å². The number of carbonyl (C=O) groups is 1. The van der Waals surface area contributed by atoms with E-state index in [-0.39, 0.29) is 5.97 Å². The lowest BCUT2D eigenvalue weighted by molar-refractivity contribution is -0.139. The first-order chi connectivity index (χ1) is 8.79. The van der Waals surface area contributed by atoms with E-state index in [2.05, 4.69) is 15.0 Å². The van der Waals surface area contributed by atoms with Crippen LogP contribution in [-0.4, -0.2) is 41.6 Å². The van der Waals surface area contributed by atoms with Crippen molar-refractivity contribution in [2.45, 2.75) is 25.5 Å². The lowest BCUT2D eigenvalue weighted by atomic mass is 10.4. The van der Waals surface area contributed by atoms with Gasteiger partial charge in [-0.3, -0.25) is 4.79 Å². The summed E-state index contributed by atoms with van der Waals surface area (Å²) < 4.78 is 10.0. The van der Waals surface area contributed by atoms with E-state index >= 15 is 0 Å². The zero-order valence-corrected chi connectivity index (χ0v) is 11.2. The largest absolute Gasteiger partial charge is 0.465 e. The van der Waals surface area contributed by atoms with Gasteiger partial charge in [0.05, 0.1) is 18.1 Å². The van der Waals surface area contributed by atoms with Crippen molar-refractivity contribution in [1.82, 2.24) is 10.1 Å². The molecule has 1 saturated heterocycles. The van der Waals surface area contributed by atoms with Gasteiger partial charge in [0.15, 0.2) is 5.82 Å². The lowest BCUT2D eigenvalue weighted by Gasteiger charge is -2.09. The van der Waals surface area contributed by atoms with Gasteiger partial charge in [-0.25, -0.2) is 0 Å². The molecule has 1 aromatic heterocycles. The summed E-state index contributed by atoms with van der Waals surface area (Å²) in [6, 6.07) is 0.597. The van der Waals surface area contributed by atoms with E-state index in [1.807, 2.05) is 0 Å². The normalized spacial score (nSPS) is 15.1. The second-order valence-corrected chi connectivity index (χ2v) is 4.97. The molecule has 7 heteroatoms. The first-order valence-electron chi connectivity index (χ1n) is 6.10. The number of anilines is 1. The quantitative estimate of drug-likeness (QED) is 0.725. The van der Waals surface area contributed by atoms with Crippen LogP contribution < -0.4 is 4.90 Å². The van der Waals surface area contributed by atoms with E-state index in [9.17, 15) is 4.79 Å². The second kappa shape index (κ2) is 6.63. The molecular weight excluding hydrogens is 254 g/mol. The van der Waals surface area contributed by atoms with Crippen LogP contribution in [0.5, 0.6) is 0 Å². The van der Waals surface area contributed by atoms with Crippen molar-refractivity contribution in [1.29, 1.82) is 0 Å². The molecule has 1 fully saturated rings. The van der Waals surface area contributed by atoms with Gasteiger partial charge in [0, 0.05) is 13.1 Å². The molecule has 0 atom stereocenters. The van der Waals surface area contributed by atoms with E-state index in [1.165, 1.54) is 24.6 Å². The Hall–Kier alpha value is -1.24. The molecule has 18 heavy (non-hydrogen) atoms. The van der Waals surface area contributed by atoms with Gasteiger partial charge in [0.1, 0.15) is 0 Å². The van der Waals surface area contributed by atoms with Crippen molar-refractivity contribution in [2.75, 3.05) is 30.3 Å². The molecule has 100 valence electrons. The fourth-order valence-electron chi connectivity index (χ4n) is 1.77. The molecule has 1 aliphatic rings. The van der Waals surface area contributed by atoms with Crippen LogP contribution in [-0.2, 0) is 15.3 Å². The smallest absolute Gasteiger partial charge is 0.324 e. The Morgan fingerprint density at radius 3 is 3.00 bits per heavy atom. The Morgan fingerprint density at radius 2 is 2.28 bits per heavy atom. The molecule has 1 aromatic rings. The van der Waals surface area contributed by atoms with E-state index in [0.29, 0.717) is 30.0 Å². The maximum Gasteiger partial charge on any atom is 0.324 e. The number of ether oxygens (including phenoxy) is 1. The highest BCUT2D eigenvalue weighted by atomic mass is 32.2. The fourth-order valence-corrected chi connectivity index (χ4v) is 2.42. The van der Waals surface area contributed by atoms with Crippen LogP contribution in [0.2, 0.25) is 0 Å². The molecule has 1 aliphatic heterocycles. The molecule has 0 aromatic carbocycles. The van der Waals surface area contributed by atoms with Crippen LogP contribution in [0.3, 0.4) is 0 Å². The van der Waals surface area contributed by atoms with Crippen molar-refractivity contribution in [2.24, 2.45) is 0 Å². The second-order valence-electron chi connectivity index (χ2n) is 3.99. The molecule has 6 nitrogen and oxygen atoms in total. The van der Waals surface area contributed by atoms with Crippen LogP contribution >= 0.6 is 11.8 Å². The Kier molecular flexibility index (Phi) is 4.86. The average molecular weight is 271 g/mol. The van der Waals surface area contributed by atoms with Crippen LogP contribution in [0.1, 0.15) is 25.6 Å². The number of esters is 1. The molecule has 0 amide bonds. The molecule has 0 spiro atoms. The zero-order chi connectivity index (χ0) is 12.8. The Morgan fingerprint density at radius 1 is 1.50 bits per heavy atom. The molecule has 0 aliphatic carbocycles. The van der Waals surface area contributed by atoms with Gasteiger partial charge in [-0.2, -0.15) is 4.98 Å². The third kappa shape index (κ3) is 3.63. The maximum atomic E-state index is 11.1. The van der Waals surface area contributed by atoms with Crippen LogP contribution in [0, 0.1) is 0 Å². The number of carbonyl (C=O) groups excluding carboxylic acids is 1. The predicted octanol–water partition coefficient (Wildman–Crippen LogP) is 1.47. The van der Waals surface area contributed by atoms with Crippen molar-refractivity contribution in [3.63, 3.8) is 0 Å². The van der Waals surface area contributed by atoms with Crippen molar-refractivity contribution < 1.29 is 14.1 Å². The zero-order valence-electron chi connectivity index (χ0n) is 10.4. The van der Waals surface area contributed by atoms with Gasteiger partial charge < -0.3 is 14.2 Å².